The van der Waals surface area contributed by atoms with Gasteiger partial charge < -0.3 is 5.11 Å². The van der Waals surface area contributed by atoms with Gasteiger partial charge in [-0.3, -0.25) is 4.79 Å². The summed E-state index contributed by atoms with van der Waals surface area (Å²) in [6.45, 7) is 1.79. The molecule has 0 aliphatic heterocycles. The number of pyridine rings is 1. The maximum atomic E-state index is 12.4. The monoisotopic (exact) mass is 441 g/mol. The molecule has 0 radical (unpaired) electrons. The number of hydrogen-bond acceptors (Lipinski definition) is 4. The number of benzene rings is 2. The maximum absolute atomic E-state index is 12.4. The zero-order chi connectivity index (χ0) is 22.5. The normalized spacial score (nSPS) is 18.0. The fourth-order valence-electron chi connectivity index (χ4n) is 3.39. The molecular weight excluding hydrogens is 422 g/mol. The molecule has 1 aliphatic rings. The van der Waals surface area contributed by atoms with Gasteiger partial charge in [0.2, 0.25) is 0 Å². The Hall–Kier alpha value is -3.72. The van der Waals surface area contributed by atoms with E-state index in [1.54, 1.807) is 25.4 Å². The van der Waals surface area contributed by atoms with E-state index in [0.717, 1.165) is 21.9 Å². The second-order valence-electron chi connectivity index (χ2n) is 7.37. The Morgan fingerprint density at radius 1 is 1.12 bits per heavy atom. The van der Waals surface area contributed by atoms with E-state index in [9.17, 15) is 9.90 Å². The van der Waals surface area contributed by atoms with Gasteiger partial charge in [-0.1, -0.05) is 66.9 Å². The fraction of sp³-hybridized carbons (Fsp3) is 0.115. The Bertz CT molecular complexity index is 1320. The molecule has 2 N–H and O–H groups in total. The molecular formula is C26H20ClN3O2. The van der Waals surface area contributed by atoms with Gasteiger partial charge in [-0.2, -0.15) is 5.10 Å². The van der Waals surface area contributed by atoms with Crippen LogP contribution in [-0.2, 0) is 4.79 Å². The van der Waals surface area contributed by atoms with Crippen LogP contribution >= 0.6 is 11.6 Å². The predicted molar refractivity (Wildman–Crippen MR) is 127 cm³/mol. The molecule has 2 aromatic carbocycles. The van der Waals surface area contributed by atoms with Crippen LogP contribution in [-0.4, -0.2) is 28.3 Å². The number of carbonyl (C=O) groups excluding carboxylic acids is 1. The highest BCUT2D eigenvalue weighted by Crippen LogP contribution is 2.26. The molecule has 0 spiro atoms. The highest BCUT2D eigenvalue weighted by Gasteiger charge is 2.23. The molecule has 5 nitrogen and oxygen atoms in total. The highest BCUT2D eigenvalue weighted by atomic mass is 35.5. The summed E-state index contributed by atoms with van der Waals surface area (Å²) >= 11 is 6.01. The Morgan fingerprint density at radius 2 is 1.91 bits per heavy atom. The Kier molecular flexibility index (Phi) is 6.46. The van der Waals surface area contributed by atoms with E-state index in [1.807, 2.05) is 54.6 Å². The zero-order valence-corrected chi connectivity index (χ0v) is 18.0. The third kappa shape index (κ3) is 4.78. The van der Waals surface area contributed by atoms with E-state index in [0.29, 0.717) is 11.3 Å². The lowest BCUT2D eigenvalue weighted by atomic mass is 9.95. The number of amides is 1. The number of fused-ring (bicyclic) bond motifs is 1. The molecule has 1 aliphatic carbocycles. The molecule has 0 saturated heterocycles. The van der Waals surface area contributed by atoms with Gasteiger partial charge in [0, 0.05) is 33.8 Å². The number of halogens is 1. The Labute approximate surface area is 191 Å². The minimum absolute atomic E-state index is 0.238. The summed E-state index contributed by atoms with van der Waals surface area (Å²) < 4.78 is 0. The molecule has 4 rings (SSSR count). The summed E-state index contributed by atoms with van der Waals surface area (Å²) in [4.78, 5) is 16.7. The fourth-order valence-corrected chi connectivity index (χ4v) is 3.70. The van der Waals surface area contributed by atoms with Crippen LogP contribution in [0.1, 0.15) is 23.7 Å². The van der Waals surface area contributed by atoms with Gasteiger partial charge >= 0.3 is 0 Å². The van der Waals surface area contributed by atoms with E-state index < -0.39 is 6.10 Å². The maximum Gasteiger partial charge on any atom is 0.271 e. The summed E-state index contributed by atoms with van der Waals surface area (Å²) in [7, 11) is 0. The minimum Gasteiger partial charge on any atom is -0.387 e. The van der Waals surface area contributed by atoms with E-state index in [-0.39, 0.29) is 16.9 Å². The summed E-state index contributed by atoms with van der Waals surface area (Å²) in [5.41, 5.74) is 5.33. The van der Waals surface area contributed by atoms with Gasteiger partial charge in [0.25, 0.3) is 5.91 Å². The quantitative estimate of drug-likeness (QED) is 0.364. The van der Waals surface area contributed by atoms with Gasteiger partial charge in [-0.25, -0.2) is 10.4 Å². The average molecular weight is 442 g/mol. The van der Waals surface area contributed by atoms with Crippen LogP contribution in [0.15, 0.2) is 88.7 Å². The molecule has 1 aromatic heterocycles. The molecule has 0 bridgehead atoms. The lowest BCUT2D eigenvalue weighted by Gasteiger charge is -2.20. The van der Waals surface area contributed by atoms with Gasteiger partial charge in [-0.15, -0.1) is 0 Å². The largest absolute Gasteiger partial charge is 0.387 e. The molecule has 2 unspecified atom stereocenters. The van der Waals surface area contributed by atoms with Crippen molar-refractivity contribution in [2.75, 3.05) is 0 Å². The topological polar surface area (TPSA) is 74.6 Å². The first-order chi connectivity index (χ1) is 15.5. The molecule has 6 heteroatoms. The second kappa shape index (κ2) is 9.61. The van der Waals surface area contributed by atoms with E-state index in [4.69, 9.17) is 11.6 Å². The van der Waals surface area contributed by atoms with Crippen molar-refractivity contribution >= 4 is 34.5 Å². The van der Waals surface area contributed by atoms with Crippen LogP contribution in [0.4, 0.5) is 0 Å². The van der Waals surface area contributed by atoms with Gasteiger partial charge in [0.05, 0.1) is 12.3 Å². The number of nitrogens with one attached hydrogen (secondary N) is 1. The van der Waals surface area contributed by atoms with Crippen molar-refractivity contribution in [2.45, 2.75) is 13.0 Å². The lowest BCUT2D eigenvalue weighted by molar-refractivity contribution is -0.117. The zero-order valence-electron chi connectivity index (χ0n) is 17.3. The standard InChI is InChI=1S/C26H20ClN3O2/c1-17-14-20(15-24(27)25(17)31)26(32)30-29-16-19-10-9-18(22-7-2-3-8-23(19)22)11-12-21-6-4-5-13-28-21/h2-10,13-17,25,31H,1H3,(H,30,32)/b29-16+. The SMILES string of the molecule is CC1C=C(C(=O)N/N=C/c2ccc(C#Cc3ccccn3)c3ccccc23)C=C(Cl)C1O. The molecule has 2 atom stereocenters. The average Bonchev–Trinajstić information content (AvgIpc) is 2.82. The number of aromatic nitrogens is 1. The Morgan fingerprint density at radius 3 is 2.66 bits per heavy atom. The van der Waals surface area contributed by atoms with Crippen LogP contribution in [0, 0.1) is 17.8 Å². The molecule has 32 heavy (non-hydrogen) atoms. The second-order valence-corrected chi connectivity index (χ2v) is 7.80. The molecule has 1 amide bonds. The van der Waals surface area contributed by atoms with E-state index in [1.165, 1.54) is 6.08 Å². The first kappa shape index (κ1) is 21.5. The van der Waals surface area contributed by atoms with Crippen LogP contribution in [0.2, 0.25) is 0 Å². The number of nitrogens with zero attached hydrogens (tertiary/aromatic N) is 2. The molecule has 0 saturated carbocycles. The first-order valence-corrected chi connectivity index (χ1v) is 10.5. The first-order valence-electron chi connectivity index (χ1n) is 10.1. The Balaban J connectivity index is 1.56. The third-order valence-electron chi connectivity index (χ3n) is 5.10. The number of rotatable bonds is 3. The molecule has 158 valence electrons. The number of hydrazone groups is 1. The highest BCUT2D eigenvalue weighted by molar-refractivity contribution is 6.31. The third-order valence-corrected chi connectivity index (χ3v) is 5.43. The van der Waals surface area contributed by atoms with Crippen molar-refractivity contribution in [3.8, 4) is 11.8 Å². The number of aliphatic hydroxyl groups is 1. The molecule has 1 heterocycles. The van der Waals surface area contributed by atoms with Crippen molar-refractivity contribution in [3.63, 3.8) is 0 Å². The van der Waals surface area contributed by atoms with E-state index in [2.05, 4.69) is 27.4 Å². The minimum atomic E-state index is -0.789. The molecule has 0 fully saturated rings. The summed E-state index contributed by atoms with van der Waals surface area (Å²) in [6.07, 6.45) is 5.66. The van der Waals surface area contributed by atoms with Crippen LogP contribution in [0.3, 0.4) is 0 Å². The van der Waals surface area contributed by atoms with Gasteiger partial charge in [-0.05, 0) is 41.0 Å². The summed E-state index contributed by atoms with van der Waals surface area (Å²) in [6, 6.07) is 17.3. The van der Waals surface area contributed by atoms with Crippen LogP contribution in [0.25, 0.3) is 10.8 Å². The summed E-state index contributed by atoms with van der Waals surface area (Å²) in [5.74, 6) is 5.63. The van der Waals surface area contributed by atoms with Gasteiger partial charge in [0.15, 0.2) is 0 Å². The van der Waals surface area contributed by atoms with Crippen molar-refractivity contribution in [2.24, 2.45) is 11.0 Å². The molecule has 3 aromatic rings. The smallest absolute Gasteiger partial charge is 0.271 e. The summed E-state index contributed by atoms with van der Waals surface area (Å²) in [5, 5.41) is 16.2. The van der Waals surface area contributed by atoms with E-state index >= 15 is 0 Å². The van der Waals surface area contributed by atoms with Crippen molar-refractivity contribution in [1.82, 2.24) is 10.4 Å². The van der Waals surface area contributed by atoms with Crippen LogP contribution < -0.4 is 5.43 Å². The van der Waals surface area contributed by atoms with Crippen molar-refractivity contribution in [3.05, 3.63) is 100 Å². The lowest BCUT2D eigenvalue weighted by Crippen LogP contribution is -2.25. The number of hydrogen-bond donors (Lipinski definition) is 2. The predicted octanol–water partition coefficient (Wildman–Crippen LogP) is 4.14. The van der Waals surface area contributed by atoms with Crippen molar-refractivity contribution < 1.29 is 9.90 Å². The number of carbonyl (C=O) groups is 1. The van der Waals surface area contributed by atoms with Crippen LogP contribution in [0.5, 0.6) is 0 Å². The van der Waals surface area contributed by atoms with Crippen molar-refractivity contribution in [1.29, 1.82) is 0 Å². The number of aliphatic hydroxyl groups excluding tert-OH is 1. The van der Waals surface area contributed by atoms with Gasteiger partial charge in [0.1, 0.15) is 5.69 Å².